The number of hydrogen-bond donors (Lipinski definition) is 1. The maximum atomic E-state index is 13.4. The fourth-order valence-electron chi connectivity index (χ4n) is 4.19. The van der Waals surface area contributed by atoms with E-state index in [0.29, 0.717) is 42.7 Å². The van der Waals surface area contributed by atoms with Crippen LogP contribution in [0.15, 0.2) is 52.8 Å². The Hall–Kier alpha value is -3.46. The number of likely N-dealkylation sites (tertiary alicyclic amines) is 1. The number of carbonyl (C=O) groups excluding carboxylic acids is 2. The normalized spacial score (nSPS) is 14.8. The molecule has 0 spiro atoms. The van der Waals surface area contributed by atoms with Crippen LogP contribution in [0.25, 0.3) is 21.6 Å². The molecule has 0 aromatic carbocycles. The van der Waals surface area contributed by atoms with E-state index in [1.807, 2.05) is 42.1 Å². The minimum atomic E-state index is -0.136. The van der Waals surface area contributed by atoms with Crippen LogP contribution in [-0.4, -0.2) is 50.6 Å². The Bertz CT molecular complexity index is 1270. The van der Waals surface area contributed by atoms with Crippen molar-refractivity contribution in [2.45, 2.75) is 38.8 Å². The number of piperidine rings is 1. The number of furan rings is 1. The van der Waals surface area contributed by atoms with Crippen molar-refractivity contribution >= 4 is 34.2 Å². The second-order valence-electron chi connectivity index (χ2n) is 8.50. The summed E-state index contributed by atoms with van der Waals surface area (Å²) >= 11 is 1.59. The number of nitrogens with zero attached hydrogens (tertiary/aromatic N) is 4. The lowest BCUT2D eigenvalue weighted by molar-refractivity contribution is 0.0697. The van der Waals surface area contributed by atoms with Crippen molar-refractivity contribution in [3.63, 3.8) is 0 Å². The van der Waals surface area contributed by atoms with Gasteiger partial charge in [0.15, 0.2) is 5.65 Å². The van der Waals surface area contributed by atoms with Gasteiger partial charge in [0.25, 0.3) is 11.8 Å². The van der Waals surface area contributed by atoms with Crippen molar-refractivity contribution in [3.05, 3.63) is 59.5 Å². The summed E-state index contributed by atoms with van der Waals surface area (Å²) in [6, 6.07) is 7.63. The molecule has 4 aromatic heterocycles. The standard InChI is InChI=1S/C24H25N5O3S/c1-15(2)29-22-19(13-25-29)18(12-20(27-22)21-4-3-11-33-21)23(30)26-17-5-8-28(9-6-17)24(31)16-7-10-32-14-16/h3-4,7,10-15,17H,5-6,8-9H2,1-2H3,(H,26,30). The third-order valence-corrected chi connectivity index (χ3v) is 6.85. The van der Waals surface area contributed by atoms with Gasteiger partial charge in [0.05, 0.1) is 39.5 Å². The summed E-state index contributed by atoms with van der Waals surface area (Å²) in [5, 5.41) is 10.4. The average Bonchev–Trinajstić information content (AvgIpc) is 3.60. The molecule has 0 bridgehead atoms. The first-order valence-corrected chi connectivity index (χ1v) is 11.9. The lowest BCUT2D eigenvalue weighted by Gasteiger charge is -2.32. The first kappa shape index (κ1) is 21.4. The second-order valence-corrected chi connectivity index (χ2v) is 9.45. The summed E-state index contributed by atoms with van der Waals surface area (Å²) in [4.78, 5) is 33.5. The molecule has 0 aliphatic carbocycles. The van der Waals surface area contributed by atoms with Crippen LogP contribution in [-0.2, 0) is 0 Å². The number of amides is 2. The zero-order chi connectivity index (χ0) is 22.9. The van der Waals surface area contributed by atoms with E-state index in [-0.39, 0.29) is 23.9 Å². The molecule has 1 aliphatic rings. The maximum absolute atomic E-state index is 13.4. The molecule has 5 heterocycles. The molecule has 0 unspecified atom stereocenters. The predicted octanol–water partition coefficient (Wildman–Crippen LogP) is 4.37. The Morgan fingerprint density at radius 3 is 2.73 bits per heavy atom. The van der Waals surface area contributed by atoms with Gasteiger partial charge in [-0.3, -0.25) is 9.59 Å². The summed E-state index contributed by atoms with van der Waals surface area (Å²) in [6.07, 6.45) is 6.09. The maximum Gasteiger partial charge on any atom is 0.257 e. The van der Waals surface area contributed by atoms with Crippen molar-refractivity contribution in [3.8, 4) is 10.6 Å². The Labute approximate surface area is 195 Å². The van der Waals surface area contributed by atoms with E-state index >= 15 is 0 Å². The van der Waals surface area contributed by atoms with Crippen molar-refractivity contribution in [1.29, 1.82) is 0 Å². The number of thiophene rings is 1. The van der Waals surface area contributed by atoms with E-state index < -0.39 is 0 Å². The van der Waals surface area contributed by atoms with E-state index in [9.17, 15) is 9.59 Å². The van der Waals surface area contributed by atoms with E-state index in [1.54, 1.807) is 28.5 Å². The fourth-order valence-corrected chi connectivity index (χ4v) is 4.88. The molecule has 8 nitrogen and oxygen atoms in total. The summed E-state index contributed by atoms with van der Waals surface area (Å²) in [7, 11) is 0. The van der Waals surface area contributed by atoms with Gasteiger partial charge in [-0.2, -0.15) is 5.10 Å². The van der Waals surface area contributed by atoms with Gasteiger partial charge >= 0.3 is 0 Å². The monoisotopic (exact) mass is 463 g/mol. The molecule has 5 rings (SSSR count). The number of carbonyl (C=O) groups is 2. The zero-order valence-corrected chi connectivity index (χ0v) is 19.3. The SMILES string of the molecule is CC(C)n1ncc2c(C(=O)NC3CCN(C(=O)c4ccoc4)CC3)cc(-c3cccs3)nc21. The summed E-state index contributed by atoms with van der Waals surface area (Å²) in [5.41, 5.74) is 2.61. The third-order valence-electron chi connectivity index (χ3n) is 5.96. The second kappa shape index (κ2) is 8.82. The van der Waals surface area contributed by atoms with Crippen LogP contribution in [0.3, 0.4) is 0 Å². The fraction of sp³-hybridized carbons (Fsp3) is 0.333. The van der Waals surface area contributed by atoms with Crippen LogP contribution in [0.2, 0.25) is 0 Å². The Morgan fingerprint density at radius 2 is 2.06 bits per heavy atom. The van der Waals surface area contributed by atoms with Crippen LogP contribution >= 0.6 is 11.3 Å². The molecule has 9 heteroatoms. The van der Waals surface area contributed by atoms with Gasteiger partial charge in [-0.05, 0) is 50.3 Å². The van der Waals surface area contributed by atoms with Crippen LogP contribution in [0.1, 0.15) is 53.4 Å². The van der Waals surface area contributed by atoms with Crippen LogP contribution in [0.4, 0.5) is 0 Å². The van der Waals surface area contributed by atoms with Crippen molar-refractivity contribution < 1.29 is 14.0 Å². The lowest BCUT2D eigenvalue weighted by atomic mass is 10.0. The predicted molar refractivity (Wildman–Crippen MR) is 126 cm³/mol. The Kier molecular flexibility index (Phi) is 5.72. The molecular formula is C24H25N5O3S. The quantitative estimate of drug-likeness (QED) is 0.474. The zero-order valence-electron chi connectivity index (χ0n) is 18.5. The van der Waals surface area contributed by atoms with Crippen molar-refractivity contribution in [2.75, 3.05) is 13.1 Å². The molecule has 4 aromatic rings. The highest BCUT2D eigenvalue weighted by atomic mass is 32.1. The number of pyridine rings is 1. The van der Waals surface area contributed by atoms with Gasteiger partial charge < -0.3 is 14.6 Å². The molecular weight excluding hydrogens is 438 g/mol. The topological polar surface area (TPSA) is 93.3 Å². The minimum absolute atomic E-state index is 0.000513. The Balaban J connectivity index is 1.36. The molecule has 1 saturated heterocycles. The summed E-state index contributed by atoms with van der Waals surface area (Å²) < 4.78 is 6.87. The van der Waals surface area contributed by atoms with Crippen LogP contribution in [0, 0.1) is 0 Å². The van der Waals surface area contributed by atoms with Gasteiger partial charge in [-0.15, -0.1) is 11.3 Å². The molecule has 1 N–H and O–H groups in total. The number of nitrogens with one attached hydrogen (secondary N) is 1. The van der Waals surface area contributed by atoms with E-state index in [0.717, 1.165) is 16.0 Å². The van der Waals surface area contributed by atoms with Crippen LogP contribution < -0.4 is 5.32 Å². The minimum Gasteiger partial charge on any atom is -0.472 e. The van der Waals surface area contributed by atoms with Gasteiger partial charge in [-0.1, -0.05) is 6.07 Å². The van der Waals surface area contributed by atoms with E-state index in [2.05, 4.69) is 10.4 Å². The van der Waals surface area contributed by atoms with Crippen molar-refractivity contribution in [2.24, 2.45) is 0 Å². The van der Waals surface area contributed by atoms with Gasteiger partial charge in [0.2, 0.25) is 0 Å². The number of aromatic nitrogens is 3. The smallest absolute Gasteiger partial charge is 0.257 e. The molecule has 0 saturated carbocycles. The van der Waals surface area contributed by atoms with Crippen LogP contribution in [0.5, 0.6) is 0 Å². The average molecular weight is 464 g/mol. The molecule has 2 amide bonds. The molecule has 33 heavy (non-hydrogen) atoms. The van der Waals surface area contributed by atoms with Gasteiger partial charge in [0, 0.05) is 25.2 Å². The highest BCUT2D eigenvalue weighted by Gasteiger charge is 2.26. The molecule has 1 aliphatic heterocycles. The number of rotatable bonds is 5. The first-order valence-electron chi connectivity index (χ1n) is 11.1. The highest BCUT2D eigenvalue weighted by molar-refractivity contribution is 7.13. The van der Waals surface area contributed by atoms with E-state index in [1.165, 1.54) is 12.5 Å². The Morgan fingerprint density at radius 1 is 1.24 bits per heavy atom. The first-order chi connectivity index (χ1) is 16.0. The highest BCUT2D eigenvalue weighted by Crippen LogP contribution is 2.29. The summed E-state index contributed by atoms with van der Waals surface area (Å²) in [6.45, 7) is 5.27. The molecule has 1 fully saturated rings. The number of hydrogen-bond acceptors (Lipinski definition) is 6. The van der Waals surface area contributed by atoms with Gasteiger partial charge in [0.1, 0.15) is 6.26 Å². The largest absolute Gasteiger partial charge is 0.472 e. The van der Waals surface area contributed by atoms with Crippen molar-refractivity contribution in [1.82, 2.24) is 25.0 Å². The van der Waals surface area contributed by atoms with Gasteiger partial charge in [-0.25, -0.2) is 9.67 Å². The summed E-state index contributed by atoms with van der Waals surface area (Å²) in [5.74, 6) is -0.172. The molecule has 0 atom stereocenters. The lowest BCUT2D eigenvalue weighted by Crippen LogP contribution is -2.46. The third kappa shape index (κ3) is 4.16. The molecule has 170 valence electrons. The van der Waals surface area contributed by atoms with E-state index in [4.69, 9.17) is 9.40 Å². The number of fused-ring (bicyclic) bond motifs is 1. The molecule has 0 radical (unpaired) electrons.